The molecule has 0 atom stereocenters. The number of nitrogens with zero attached hydrogens (tertiary/aromatic N) is 1. The number of pyridine rings is 1. The second kappa shape index (κ2) is 6.50. The second-order valence-corrected chi connectivity index (χ2v) is 4.72. The molecule has 0 aliphatic heterocycles. The minimum Gasteiger partial charge on any atom is -0.324 e. The van der Waals surface area contributed by atoms with Gasteiger partial charge in [-0.3, -0.25) is 9.78 Å². The Hall–Kier alpha value is -1.65. The summed E-state index contributed by atoms with van der Waals surface area (Å²) in [6.07, 6.45) is 2.98. The number of hydrogen-bond donors (Lipinski definition) is 2. The van der Waals surface area contributed by atoms with Gasteiger partial charge in [0.05, 0.1) is 11.2 Å². The topological polar surface area (TPSA) is 54.0 Å². The van der Waals surface area contributed by atoms with Crippen LogP contribution in [0.3, 0.4) is 0 Å². The molecule has 0 bridgehead atoms. The summed E-state index contributed by atoms with van der Waals surface area (Å²) in [5.41, 5.74) is 1.42. The van der Waals surface area contributed by atoms with Crippen molar-refractivity contribution in [1.82, 2.24) is 10.3 Å². The van der Waals surface area contributed by atoms with Gasteiger partial charge in [-0.25, -0.2) is 0 Å². The third kappa shape index (κ3) is 3.66. The van der Waals surface area contributed by atoms with Gasteiger partial charge in [0, 0.05) is 23.0 Å². The van der Waals surface area contributed by atoms with Crippen molar-refractivity contribution in [3.05, 3.63) is 35.5 Å². The zero-order chi connectivity index (χ0) is 13.7. The minimum absolute atomic E-state index is 0.0236. The van der Waals surface area contributed by atoms with Gasteiger partial charge < -0.3 is 10.6 Å². The van der Waals surface area contributed by atoms with Crippen LogP contribution in [0.25, 0.3) is 10.9 Å². The smallest absolute Gasteiger partial charge is 0.224 e. The summed E-state index contributed by atoms with van der Waals surface area (Å²) in [4.78, 5) is 16.1. The second-order valence-electron chi connectivity index (χ2n) is 4.28. The highest BCUT2D eigenvalue weighted by molar-refractivity contribution is 6.32. The molecule has 5 heteroatoms. The Morgan fingerprint density at radius 2 is 2.26 bits per heavy atom. The standard InChI is InChI=1S/C14H16ClN3O/c1-16-6-3-5-13(19)18-12-9-11(15)8-10-4-2-7-17-14(10)12/h2,4,7-9,16H,3,5-6H2,1H3,(H,18,19). The zero-order valence-electron chi connectivity index (χ0n) is 10.7. The summed E-state index contributed by atoms with van der Waals surface area (Å²) in [6.45, 7) is 0.821. The Kier molecular flexibility index (Phi) is 4.71. The summed E-state index contributed by atoms with van der Waals surface area (Å²) in [6, 6.07) is 7.33. The number of hydrogen-bond acceptors (Lipinski definition) is 3. The monoisotopic (exact) mass is 277 g/mol. The molecule has 2 rings (SSSR count). The lowest BCUT2D eigenvalue weighted by Crippen LogP contribution is -2.15. The van der Waals surface area contributed by atoms with Gasteiger partial charge in [-0.2, -0.15) is 0 Å². The van der Waals surface area contributed by atoms with E-state index in [2.05, 4.69) is 15.6 Å². The molecular weight excluding hydrogens is 262 g/mol. The predicted molar refractivity (Wildman–Crippen MR) is 78.5 cm³/mol. The number of carbonyl (C=O) groups excluding carboxylic acids is 1. The zero-order valence-corrected chi connectivity index (χ0v) is 11.5. The first-order chi connectivity index (χ1) is 9.20. The average Bonchev–Trinajstić information content (AvgIpc) is 2.39. The Labute approximate surface area is 117 Å². The van der Waals surface area contributed by atoms with Crippen molar-refractivity contribution in [3.63, 3.8) is 0 Å². The van der Waals surface area contributed by atoms with E-state index in [1.807, 2.05) is 25.2 Å². The van der Waals surface area contributed by atoms with Crippen LogP contribution >= 0.6 is 11.6 Å². The van der Waals surface area contributed by atoms with E-state index in [9.17, 15) is 4.79 Å². The van der Waals surface area contributed by atoms with Crippen molar-refractivity contribution in [2.24, 2.45) is 0 Å². The van der Waals surface area contributed by atoms with E-state index in [1.165, 1.54) is 0 Å². The Bertz CT molecular complexity index is 586. The number of fused-ring (bicyclic) bond motifs is 1. The molecule has 0 aliphatic rings. The normalized spacial score (nSPS) is 10.6. The number of aromatic nitrogens is 1. The molecule has 1 heterocycles. The molecule has 0 radical (unpaired) electrons. The van der Waals surface area contributed by atoms with Crippen LogP contribution in [0.5, 0.6) is 0 Å². The molecule has 0 aliphatic carbocycles. The molecule has 0 fully saturated rings. The Balaban J connectivity index is 2.18. The van der Waals surface area contributed by atoms with E-state index in [0.717, 1.165) is 23.9 Å². The number of benzene rings is 1. The summed E-state index contributed by atoms with van der Waals surface area (Å²) in [5.74, 6) is -0.0236. The molecule has 0 saturated heterocycles. The number of amides is 1. The number of nitrogens with one attached hydrogen (secondary N) is 2. The molecule has 1 aromatic carbocycles. The molecule has 1 aromatic heterocycles. The lowest BCUT2D eigenvalue weighted by molar-refractivity contribution is -0.116. The van der Waals surface area contributed by atoms with Gasteiger partial charge in [0.15, 0.2) is 0 Å². The maximum Gasteiger partial charge on any atom is 0.224 e. The highest BCUT2D eigenvalue weighted by atomic mass is 35.5. The lowest BCUT2D eigenvalue weighted by Gasteiger charge is -2.08. The van der Waals surface area contributed by atoms with Crippen molar-refractivity contribution < 1.29 is 4.79 Å². The summed E-state index contributed by atoms with van der Waals surface area (Å²) >= 11 is 6.04. The predicted octanol–water partition coefficient (Wildman–Crippen LogP) is 2.83. The highest BCUT2D eigenvalue weighted by Gasteiger charge is 2.08. The van der Waals surface area contributed by atoms with E-state index in [1.54, 1.807) is 12.3 Å². The molecule has 2 aromatic rings. The first-order valence-electron chi connectivity index (χ1n) is 6.19. The molecule has 0 unspecified atom stereocenters. The van der Waals surface area contributed by atoms with E-state index in [0.29, 0.717) is 17.1 Å². The maximum atomic E-state index is 11.8. The molecule has 0 saturated carbocycles. The average molecular weight is 278 g/mol. The van der Waals surface area contributed by atoms with Gasteiger partial charge >= 0.3 is 0 Å². The van der Waals surface area contributed by atoms with Crippen LogP contribution in [0.1, 0.15) is 12.8 Å². The fraction of sp³-hybridized carbons (Fsp3) is 0.286. The third-order valence-electron chi connectivity index (χ3n) is 2.77. The van der Waals surface area contributed by atoms with Crippen LogP contribution in [0.2, 0.25) is 5.02 Å². The molecule has 0 spiro atoms. The van der Waals surface area contributed by atoms with Gasteiger partial charge in [0.1, 0.15) is 0 Å². The highest BCUT2D eigenvalue weighted by Crippen LogP contribution is 2.26. The van der Waals surface area contributed by atoms with Crippen molar-refractivity contribution in [3.8, 4) is 0 Å². The van der Waals surface area contributed by atoms with Gasteiger partial charge in [-0.15, -0.1) is 0 Å². The van der Waals surface area contributed by atoms with Crippen LogP contribution in [-0.2, 0) is 4.79 Å². The maximum absolute atomic E-state index is 11.8. The first kappa shape index (κ1) is 13.8. The van der Waals surface area contributed by atoms with Crippen LogP contribution < -0.4 is 10.6 Å². The molecular formula is C14H16ClN3O. The van der Waals surface area contributed by atoms with Gasteiger partial charge in [0.25, 0.3) is 0 Å². The number of anilines is 1. The van der Waals surface area contributed by atoms with Crippen LogP contribution in [-0.4, -0.2) is 24.5 Å². The number of halogens is 1. The number of rotatable bonds is 5. The lowest BCUT2D eigenvalue weighted by atomic mass is 10.2. The molecule has 100 valence electrons. The fourth-order valence-corrected chi connectivity index (χ4v) is 2.12. The largest absolute Gasteiger partial charge is 0.324 e. The van der Waals surface area contributed by atoms with Crippen LogP contribution in [0, 0.1) is 0 Å². The van der Waals surface area contributed by atoms with E-state index in [-0.39, 0.29) is 5.91 Å². The molecule has 2 N–H and O–H groups in total. The van der Waals surface area contributed by atoms with Crippen molar-refractivity contribution in [2.75, 3.05) is 18.9 Å². The minimum atomic E-state index is -0.0236. The number of carbonyl (C=O) groups is 1. The summed E-state index contributed by atoms with van der Waals surface area (Å²) in [5, 5.41) is 7.39. The van der Waals surface area contributed by atoms with Crippen LogP contribution in [0.4, 0.5) is 5.69 Å². The van der Waals surface area contributed by atoms with Gasteiger partial charge in [-0.1, -0.05) is 17.7 Å². The van der Waals surface area contributed by atoms with Crippen molar-refractivity contribution in [1.29, 1.82) is 0 Å². The van der Waals surface area contributed by atoms with Gasteiger partial charge in [0.2, 0.25) is 5.91 Å². The first-order valence-corrected chi connectivity index (χ1v) is 6.57. The van der Waals surface area contributed by atoms with Crippen molar-refractivity contribution >= 4 is 34.1 Å². The molecule has 1 amide bonds. The van der Waals surface area contributed by atoms with Crippen molar-refractivity contribution in [2.45, 2.75) is 12.8 Å². The SMILES string of the molecule is CNCCCC(=O)Nc1cc(Cl)cc2cccnc12. The summed E-state index contributed by atoms with van der Waals surface area (Å²) < 4.78 is 0. The van der Waals surface area contributed by atoms with E-state index in [4.69, 9.17) is 11.6 Å². The molecule has 4 nitrogen and oxygen atoms in total. The Morgan fingerprint density at radius 3 is 3.05 bits per heavy atom. The van der Waals surface area contributed by atoms with E-state index >= 15 is 0 Å². The fourth-order valence-electron chi connectivity index (χ4n) is 1.89. The van der Waals surface area contributed by atoms with Crippen LogP contribution in [0.15, 0.2) is 30.5 Å². The summed E-state index contributed by atoms with van der Waals surface area (Å²) in [7, 11) is 1.87. The van der Waals surface area contributed by atoms with E-state index < -0.39 is 0 Å². The third-order valence-corrected chi connectivity index (χ3v) is 2.99. The quantitative estimate of drug-likeness (QED) is 0.827. The molecule has 19 heavy (non-hydrogen) atoms. The Morgan fingerprint density at radius 1 is 1.42 bits per heavy atom. The van der Waals surface area contributed by atoms with Gasteiger partial charge in [-0.05, 0) is 38.2 Å².